The Balaban J connectivity index is 1.97. The smallest absolute Gasteiger partial charge is 0.217 e. The number of hydrogen-bond acceptors (Lipinski definition) is 3. The van der Waals surface area contributed by atoms with Gasteiger partial charge >= 0.3 is 0 Å². The normalized spacial score (nSPS) is 28.9. The Hall–Kier alpha value is -0.130. The first-order valence-corrected chi connectivity index (χ1v) is 7.75. The zero-order chi connectivity index (χ0) is 11.6. The number of morpholine rings is 1. The minimum Gasteiger partial charge on any atom is -0.375 e. The first-order valence-electron chi connectivity index (χ1n) is 6.25. The van der Waals surface area contributed by atoms with Crippen LogP contribution in [0.5, 0.6) is 0 Å². The second-order valence-electron chi connectivity index (χ2n) is 4.74. The van der Waals surface area contributed by atoms with Gasteiger partial charge in [-0.3, -0.25) is 0 Å². The van der Waals surface area contributed by atoms with Gasteiger partial charge in [0.2, 0.25) is 10.0 Å². The van der Waals surface area contributed by atoms with Crippen LogP contribution in [0.2, 0.25) is 0 Å². The molecule has 0 N–H and O–H groups in total. The lowest BCUT2D eigenvalue weighted by molar-refractivity contribution is -0.00630. The molecule has 2 fully saturated rings. The number of ether oxygens (including phenoxy) is 1. The molecule has 1 aliphatic carbocycles. The summed E-state index contributed by atoms with van der Waals surface area (Å²) in [5.41, 5.74) is 0. The summed E-state index contributed by atoms with van der Waals surface area (Å²) in [5, 5.41) is -0.104. The fourth-order valence-corrected chi connectivity index (χ4v) is 4.35. The van der Waals surface area contributed by atoms with Gasteiger partial charge in [-0.1, -0.05) is 19.8 Å². The molecule has 0 spiro atoms. The van der Waals surface area contributed by atoms with E-state index in [1.54, 1.807) is 4.31 Å². The van der Waals surface area contributed by atoms with Gasteiger partial charge in [0.25, 0.3) is 0 Å². The summed E-state index contributed by atoms with van der Waals surface area (Å²) in [4.78, 5) is 0. The van der Waals surface area contributed by atoms with Crippen LogP contribution in [-0.4, -0.2) is 43.8 Å². The zero-order valence-corrected chi connectivity index (χ0v) is 10.7. The maximum atomic E-state index is 12.2. The molecule has 0 aromatic carbocycles. The Labute approximate surface area is 98.0 Å². The molecule has 16 heavy (non-hydrogen) atoms. The van der Waals surface area contributed by atoms with Crippen molar-refractivity contribution in [2.24, 2.45) is 0 Å². The van der Waals surface area contributed by atoms with Crippen LogP contribution >= 0.6 is 0 Å². The summed E-state index contributed by atoms with van der Waals surface area (Å²) < 4.78 is 31.6. The predicted molar refractivity (Wildman–Crippen MR) is 62.8 cm³/mol. The molecule has 0 aromatic heterocycles. The second-order valence-corrected chi connectivity index (χ2v) is 6.95. The highest BCUT2D eigenvalue weighted by atomic mass is 32.2. The van der Waals surface area contributed by atoms with E-state index >= 15 is 0 Å². The van der Waals surface area contributed by atoms with Gasteiger partial charge in [0.05, 0.1) is 18.0 Å². The number of nitrogens with zero attached hydrogens (tertiary/aromatic N) is 1. The Kier molecular flexibility index (Phi) is 3.87. The molecule has 2 aliphatic rings. The van der Waals surface area contributed by atoms with Gasteiger partial charge in [-0.05, 0) is 19.3 Å². The number of rotatable bonds is 4. The van der Waals surface area contributed by atoms with E-state index in [2.05, 4.69) is 6.92 Å². The molecule has 0 aromatic rings. The van der Waals surface area contributed by atoms with Gasteiger partial charge in [0.15, 0.2) is 0 Å². The molecule has 1 heterocycles. The molecule has 2 rings (SSSR count). The standard InChI is InChI=1S/C11H21NO3S/c1-2-4-10-9-12(7-8-15-10)16(13,14)11-5-3-6-11/h10-11H,2-9H2,1H3. The molecular weight excluding hydrogens is 226 g/mol. The summed E-state index contributed by atoms with van der Waals surface area (Å²) in [5.74, 6) is 0. The average Bonchev–Trinajstić information content (AvgIpc) is 2.15. The topological polar surface area (TPSA) is 46.6 Å². The molecule has 1 saturated carbocycles. The molecule has 1 atom stereocenters. The summed E-state index contributed by atoms with van der Waals surface area (Å²) in [7, 11) is -3.02. The third-order valence-corrected chi connectivity index (χ3v) is 5.91. The Morgan fingerprint density at radius 3 is 2.69 bits per heavy atom. The van der Waals surface area contributed by atoms with Crippen molar-refractivity contribution in [1.82, 2.24) is 4.31 Å². The van der Waals surface area contributed by atoms with Crippen LogP contribution in [0.3, 0.4) is 0 Å². The highest BCUT2D eigenvalue weighted by Gasteiger charge is 2.38. The first kappa shape index (κ1) is 12.3. The minimum atomic E-state index is -3.02. The lowest BCUT2D eigenvalue weighted by Gasteiger charge is -2.36. The van der Waals surface area contributed by atoms with Gasteiger partial charge < -0.3 is 4.74 Å². The van der Waals surface area contributed by atoms with Crippen molar-refractivity contribution < 1.29 is 13.2 Å². The van der Waals surface area contributed by atoms with E-state index in [0.29, 0.717) is 19.7 Å². The van der Waals surface area contributed by atoms with E-state index < -0.39 is 10.0 Å². The van der Waals surface area contributed by atoms with Crippen molar-refractivity contribution in [3.8, 4) is 0 Å². The molecule has 0 amide bonds. The van der Waals surface area contributed by atoms with Crippen LogP contribution < -0.4 is 0 Å². The van der Waals surface area contributed by atoms with Crippen LogP contribution in [-0.2, 0) is 14.8 Å². The van der Waals surface area contributed by atoms with E-state index in [4.69, 9.17) is 4.74 Å². The van der Waals surface area contributed by atoms with E-state index in [0.717, 1.165) is 32.1 Å². The first-order chi connectivity index (χ1) is 7.64. The highest BCUT2D eigenvalue weighted by molar-refractivity contribution is 7.89. The molecule has 94 valence electrons. The van der Waals surface area contributed by atoms with E-state index in [1.165, 1.54) is 0 Å². The van der Waals surface area contributed by atoms with Crippen LogP contribution in [0, 0.1) is 0 Å². The monoisotopic (exact) mass is 247 g/mol. The molecule has 1 saturated heterocycles. The van der Waals surface area contributed by atoms with Crippen LogP contribution in [0.1, 0.15) is 39.0 Å². The highest BCUT2D eigenvalue weighted by Crippen LogP contribution is 2.29. The molecule has 5 heteroatoms. The average molecular weight is 247 g/mol. The fourth-order valence-electron chi connectivity index (χ4n) is 2.30. The van der Waals surface area contributed by atoms with Crippen molar-refractivity contribution in [2.75, 3.05) is 19.7 Å². The van der Waals surface area contributed by atoms with E-state index in [-0.39, 0.29) is 11.4 Å². The van der Waals surface area contributed by atoms with E-state index in [1.807, 2.05) is 0 Å². The molecule has 4 nitrogen and oxygen atoms in total. The lowest BCUT2D eigenvalue weighted by Crippen LogP contribution is -2.50. The third-order valence-electron chi connectivity index (χ3n) is 3.55. The Bertz CT molecular complexity index is 322. The number of sulfonamides is 1. The largest absolute Gasteiger partial charge is 0.375 e. The van der Waals surface area contributed by atoms with Gasteiger partial charge in [-0.25, -0.2) is 8.42 Å². The van der Waals surface area contributed by atoms with Crippen LogP contribution in [0.15, 0.2) is 0 Å². The lowest BCUT2D eigenvalue weighted by atomic mass is 10.0. The molecule has 1 unspecified atom stereocenters. The van der Waals surface area contributed by atoms with Crippen molar-refractivity contribution in [3.05, 3.63) is 0 Å². The van der Waals surface area contributed by atoms with E-state index in [9.17, 15) is 8.42 Å². The van der Waals surface area contributed by atoms with Gasteiger partial charge in [-0.15, -0.1) is 0 Å². The Morgan fingerprint density at radius 2 is 2.12 bits per heavy atom. The second kappa shape index (κ2) is 5.02. The third kappa shape index (κ3) is 2.41. The molecule has 1 aliphatic heterocycles. The minimum absolute atomic E-state index is 0.104. The van der Waals surface area contributed by atoms with Crippen molar-refractivity contribution >= 4 is 10.0 Å². The summed E-state index contributed by atoms with van der Waals surface area (Å²) in [6, 6.07) is 0. The predicted octanol–water partition coefficient (Wildman–Crippen LogP) is 1.37. The zero-order valence-electron chi connectivity index (χ0n) is 9.89. The summed E-state index contributed by atoms with van der Waals surface area (Å²) in [6.45, 7) is 3.76. The molecule has 0 radical (unpaired) electrons. The van der Waals surface area contributed by atoms with Gasteiger partial charge in [0, 0.05) is 13.1 Å². The quantitative estimate of drug-likeness (QED) is 0.754. The van der Waals surface area contributed by atoms with Crippen LogP contribution in [0.4, 0.5) is 0 Å². The summed E-state index contributed by atoms with van der Waals surface area (Å²) in [6.07, 6.45) is 4.86. The summed E-state index contributed by atoms with van der Waals surface area (Å²) >= 11 is 0. The van der Waals surface area contributed by atoms with Gasteiger partial charge in [0.1, 0.15) is 0 Å². The maximum Gasteiger partial charge on any atom is 0.217 e. The van der Waals surface area contributed by atoms with Crippen molar-refractivity contribution in [1.29, 1.82) is 0 Å². The van der Waals surface area contributed by atoms with Crippen molar-refractivity contribution in [3.63, 3.8) is 0 Å². The molecule has 0 bridgehead atoms. The fraction of sp³-hybridized carbons (Fsp3) is 1.00. The van der Waals surface area contributed by atoms with Crippen molar-refractivity contribution in [2.45, 2.75) is 50.4 Å². The SMILES string of the molecule is CCCC1CN(S(=O)(=O)C2CCC2)CCO1. The molecular formula is C11H21NO3S. The maximum absolute atomic E-state index is 12.2. The van der Waals surface area contributed by atoms with Gasteiger partial charge in [-0.2, -0.15) is 4.31 Å². The Morgan fingerprint density at radius 1 is 1.38 bits per heavy atom. The number of hydrogen-bond donors (Lipinski definition) is 0. The van der Waals surface area contributed by atoms with Crippen LogP contribution in [0.25, 0.3) is 0 Å².